The maximum atomic E-state index is 14.1. The van der Waals surface area contributed by atoms with Crippen LogP contribution in [0.4, 0.5) is 4.79 Å². The van der Waals surface area contributed by atoms with Crippen molar-refractivity contribution < 1.29 is 28.5 Å². The first-order valence-electron chi connectivity index (χ1n) is 16.9. The molecule has 0 heterocycles. The van der Waals surface area contributed by atoms with Gasteiger partial charge in [-0.15, -0.1) is 0 Å². The van der Waals surface area contributed by atoms with Crippen LogP contribution >= 0.6 is 0 Å². The summed E-state index contributed by atoms with van der Waals surface area (Å²) >= 11 is 0. The van der Waals surface area contributed by atoms with Crippen molar-refractivity contribution in [3.8, 4) is 22.6 Å². The van der Waals surface area contributed by atoms with E-state index in [0.29, 0.717) is 11.5 Å². The van der Waals surface area contributed by atoms with Gasteiger partial charge in [-0.3, -0.25) is 0 Å². The summed E-state index contributed by atoms with van der Waals surface area (Å²) in [7, 11) is 1.61. The zero-order valence-electron chi connectivity index (χ0n) is 29.1. The molecule has 0 aliphatic heterocycles. The quantitative estimate of drug-likeness (QED) is 0.141. The van der Waals surface area contributed by atoms with Gasteiger partial charge in [0.1, 0.15) is 29.7 Å². The van der Waals surface area contributed by atoms with Crippen molar-refractivity contribution in [3.05, 3.63) is 155 Å². The van der Waals surface area contributed by atoms with Crippen molar-refractivity contribution in [2.75, 3.05) is 13.7 Å². The zero-order chi connectivity index (χ0) is 35.3. The molecule has 1 unspecified atom stereocenters. The third-order valence-electron chi connectivity index (χ3n) is 8.74. The van der Waals surface area contributed by atoms with Gasteiger partial charge >= 0.3 is 12.1 Å². The molecule has 5 aromatic rings. The van der Waals surface area contributed by atoms with Crippen LogP contribution in [0.5, 0.6) is 11.5 Å². The Labute approximate surface area is 294 Å². The number of esters is 1. The topological polar surface area (TPSA) is 83.1 Å². The summed E-state index contributed by atoms with van der Waals surface area (Å²) < 4.78 is 23.5. The number of rotatable bonds is 11. The number of aryl methyl sites for hydroxylation is 1. The van der Waals surface area contributed by atoms with Gasteiger partial charge in [-0.2, -0.15) is 0 Å². The van der Waals surface area contributed by atoms with E-state index >= 15 is 0 Å². The number of ether oxygens (including phenoxy) is 4. The molecule has 0 radical (unpaired) electrons. The van der Waals surface area contributed by atoms with E-state index in [1.54, 1.807) is 7.11 Å². The minimum absolute atomic E-state index is 0.116. The molecule has 6 rings (SSSR count). The minimum atomic E-state index is -1.04. The van der Waals surface area contributed by atoms with Crippen molar-refractivity contribution in [1.29, 1.82) is 0 Å². The number of nitrogens with one attached hydrogen (secondary N) is 1. The SMILES string of the molecule is COc1ccc(C(OC(=O)[C@H](Cc2ccc(OC(C)(C)C)cc2)NC(=O)OCC2c3ccccc3-c3ccccc32)c2ccc(C)cc2)cc1. The van der Waals surface area contributed by atoms with Gasteiger partial charge in [0.25, 0.3) is 0 Å². The lowest BCUT2D eigenvalue weighted by atomic mass is 9.98. The molecule has 0 bridgehead atoms. The highest BCUT2D eigenvalue weighted by Crippen LogP contribution is 2.44. The average Bonchev–Trinajstić information content (AvgIpc) is 3.43. The van der Waals surface area contributed by atoms with Crippen molar-refractivity contribution in [3.63, 3.8) is 0 Å². The number of hydrogen-bond acceptors (Lipinski definition) is 6. The molecule has 1 aliphatic carbocycles. The molecule has 7 nitrogen and oxygen atoms in total. The Hall–Kier alpha value is -5.56. The summed E-state index contributed by atoms with van der Waals surface area (Å²) in [6.45, 7) is 8.08. The predicted molar refractivity (Wildman–Crippen MR) is 195 cm³/mol. The number of methoxy groups -OCH3 is 1. The molecule has 0 spiro atoms. The van der Waals surface area contributed by atoms with Crippen molar-refractivity contribution in [2.24, 2.45) is 0 Å². The third kappa shape index (κ3) is 8.17. The molecule has 2 atom stereocenters. The molecule has 0 saturated heterocycles. The van der Waals surface area contributed by atoms with Gasteiger partial charge in [0.15, 0.2) is 6.10 Å². The molecule has 50 heavy (non-hydrogen) atoms. The van der Waals surface area contributed by atoms with Crippen LogP contribution in [-0.4, -0.2) is 37.4 Å². The van der Waals surface area contributed by atoms with E-state index in [-0.39, 0.29) is 24.5 Å². The molecule has 256 valence electrons. The van der Waals surface area contributed by atoms with Crippen LogP contribution in [-0.2, 0) is 20.7 Å². The Balaban J connectivity index is 1.24. The van der Waals surface area contributed by atoms with Crippen LogP contribution in [0.1, 0.15) is 66.2 Å². The standard InChI is InChI=1S/C43H43NO6/c1-28-14-18-30(19-15-28)40(31-20-24-32(47-5)25-21-31)49-41(45)39(26-29-16-22-33(23-17-29)50-43(2,3)4)44-42(46)48-27-38-36-12-8-6-10-34(36)35-11-7-9-13-37(35)38/h6-25,38-40H,26-27H2,1-5H3,(H,44,46)/t39-,40?/m0/s1. The molecular weight excluding hydrogens is 626 g/mol. The molecule has 1 amide bonds. The lowest BCUT2D eigenvalue weighted by molar-refractivity contribution is -0.150. The van der Waals surface area contributed by atoms with E-state index in [2.05, 4.69) is 29.6 Å². The normalized spacial score (nSPS) is 13.4. The van der Waals surface area contributed by atoms with Gasteiger partial charge < -0.3 is 24.3 Å². The molecule has 7 heteroatoms. The lowest BCUT2D eigenvalue weighted by Crippen LogP contribution is -2.44. The van der Waals surface area contributed by atoms with Crippen LogP contribution in [0.25, 0.3) is 11.1 Å². The largest absolute Gasteiger partial charge is 0.497 e. The molecule has 0 saturated carbocycles. The molecular formula is C43H43NO6. The lowest BCUT2D eigenvalue weighted by Gasteiger charge is -2.24. The maximum absolute atomic E-state index is 14.1. The van der Waals surface area contributed by atoms with Gasteiger partial charge in [-0.05, 0) is 90.9 Å². The fourth-order valence-electron chi connectivity index (χ4n) is 6.31. The summed E-state index contributed by atoms with van der Waals surface area (Å²) in [6, 6.07) is 38.1. The molecule has 1 N–H and O–H groups in total. The Bertz CT molecular complexity index is 1880. The van der Waals surface area contributed by atoms with Crippen molar-refractivity contribution in [1.82, 2.24) is 5.32 Å². The number of fused-ring (bicyclic) bond motifs is 3. The van der Waals surface area contributed by atoms with E-state index in [9.17, 15) is 9.59 Å². The second-order valence-electron chi connectivity index (χ2n) is 13.6. The van der Waals surface area contributed by atoms with Gasteiger partial charge in [-0.25, -0.2) is 9.59 Å². The first-order valence-corrected chi connectivity index (χ1v) is 16.9. The number of hydrogen-bond donors (Lipinski definition) is 1. The number of carbonyl (C=O) groups excluding carboxylic acids is 2. The van der Waals surface area contributed by atoms with E-state index in [1.807, 2.05) is 125 Å². The van der Waals surface area contributed by atoms with Gasteiger partial charge in [0.2, 0.25) is 0 Å². The van der Waals surface area contributed by atoms with Crippen LogP contribution in [0.2, 0.25) is 0 Å². The third-order valence-corrected chi connectivity index (χ3v) is 8.74. The van der Waals surface area contributed by atoms with Crippen LogP contribution < -0.4 is 14.8 Å². The van der Waals surface area contributed by atoms with Crippen LogP contribution in [0.3, 0.4) is 0 Å². The van der Waals surface area contributed by atoms with Gasteiger partial charge in [-0.1, -0.05) is 103 Å². The van der Waals surface area contributed by atoms with Gasteiger partial charge in [0.05, 0.1) is 7.11 Å². The highest BCUT2D eigenvalue weighted by molar-refractivity contribution is 5.82. The Morgan fingerprint density at radius 1 is 0.720 bits per heavy atom. The molecule has 5 aromatic carbocycles. The minimum Gasteiger partial charge on any atom is -0.497 e. The first-order chi connectivity index (χ1) is 24.1. The molecule has 1 aliphatic rings. The highest BCUT2D eigenvalue weighted by atomic mass is 16.6. The summed E-state index contributed by atoms with van der Waals surface area (Å²) in [5.74, 6) is 0.699. The van der Waals surface area contributed by atoms with E-state index in [4.69, 9.17) is 18.9 Å². The van der Waals surface area contributed by atoms with Gasteiger partial charge in [0, 0.05) is 12.3 Å². The summed E-state index contributed by atoms with van der Waals surface area (Å²) in [5.41, 5.74) is 7.61. The first kappa shape index (κ1) is 34.3. The second kappa shape index (κ2) is 14.9. The van der Waals surface area contributed by atoms with Crippen LogP contribution in [0, 0.1) is 6.92 Å². The number of amides is 1. The summed E-state index contributed by atoms with van der Waals surface area (Å²) in [4.78, 5) is 27.6. The van der Waals surface area contributed by atoms with E-state index in [1.165, 1.54) is 0 Å². The fraction of sp³-hybridized carbons (Fsp3) is 0.256. The van der Waals surface area contributed by atoms with Crippen LogP contribution in [0.15, 0.2) is 121 Å². The fourth-order valence-corrected chi connectivity index (χ4v) is 6.31. The summed E-state index contributed by atoms with van der Waals surface area (Å²) in [6.07, 6.45) is -1.23. The summed E-state index contributed by atoms with van der Waals surface area (Å²) in [5, 5.41) is 2.84. The average molecular weight is 670 g/mol. The van der Waals surface area contributed by atoms with E-state index in [0.717, 1.165) is 44.5 Å². The second-order valence-corrected chi connectivity index (χ2v) is 13.6. The Morgan fingerprint density at radius 3 is 1.82 bits per heavy atom. The van der Waals surface area contributed by atoms with Crippen molar-refractivity contribution >= 4 is 12.1 Å². The highest BCUT2D eigenvalue weighted by Gasteiger charge is 2.31. The van der Waals surface area contributed by atoms with E-state index < -0.39 is 24.2 Å². The predicted octanol–water partition coefficient (Wildman–Crippen LogP) is 8.96. The number of alkyl carbamates (subject to hydrolysis) is 1. The zero-order valence-corrected chi connectivity index (χ0v) is 29.1. The molecule has 0 fully saturated rings. The Kier molecular flexibility index (Phi) is 10.2. The molecule has 0 aromatic heterocycles. The smallest absolute Gasteiger partial charge is 0.407 e. The maximum Gasteiger partial charge on any atom is 0.407 e. The van der Waals surface area contributed by atoms with Crippen molar-refractivity contribution in [2.45, 2.75) is 57.8 Å². The number of benzene rings is 5. The number of carbonyl (C=O) groups is 2. The Morgan fingerprint density at radius 2 is 1.26 bits per heavy atom. The monoisotopic (exact) mass is 669 g/mol.